The number of hydrogen-bond acceptors (Lipinski definition) is 4. The third-order valence-electron chi connectivity index (χ3n) is 3.18. The van der Waals surface area contributed by atoms with E-state index >= 15 is 0 Å². The molecule has 0 radical (unpaired) electrons. The zero-order chi connectivity index (χ0) is 14.6. The van der Waals surface area contributed by atoms with Crippen molar-refractivity contribution in [2.24, 2.45) is 4.99 Å². The predicted molar refractivity (Wildman–Crippen MR) is 78.7 cm³/mol. The van der Waals surface area contributed by atoms with Gasteiger partial charge in [0, 0.05) is 0 Å². The van der Waals surface area contributed by atoms with E-state index in [1.807, 2.05) is 0 Å². The van der Waals surface area contributed by atoms with E-state index < -0.39 is 10.0 Å². The van der Waals surface area contributed by atoms with Crippen LogP contribution in [-0.2, 0) is 10.0 Å². The van der Waals surface area contributed by atoms with Crippen LogP contribution in [0.3, 0.4) is 0 Å². The van der Waals surface area contributed by atoms with Crippen molar-refractivity contribution in [1.29, 1.82) is 0 Å². The van der Waals surface area contributed by atoms with Crippen molar-refractivity contribution in [2.75, 3.05) is 19.7 Å². The van der Waals surface area contributed by atoms with Crippen molar-refractivity contribution in [3.05, 3.63) is 24.3 Å². The van der Waals surface area contributed by atoms with Crippen LogP contribution in [0.4, 0.5) is 0 Å². The van der Waals surface area contributed by atoms with Crippen LogP contribution in [0.5, 0.6) is 5.75 Å². The van der Waals surface area contributed by atoms with E-state index in [0.29, 0.717) is 31.3 Å². The second-order valence-corrected chi connectivity index (χ2v) is 6.54. The first-order valence-corrected chi connectivity index (χ1v) is 8.26. The van der Waals surface area contributed by atoms with Crippen LogP contribution in [0.25, 0.3) is 0 Å². The summed E-state index contributed by atoms with van der Waals surface area (Å²) in [6.07, 6.45) is 2.06. The van der Waals surface area contributed by atoms with Gasteiger partial charge in [0.25, 0.3) is 10.0 Å². The Bertz CT molecular complexity index is 579. The molecule has 0 aromatic heterocycles. The highest BCUT2D eigenvalue weighted by Gasteiger charge is 2.27. The standard InChI is InChI=1S/C14H20N2O3S/c1-3-4-11-19-13-5-7-14(8-6-13)20(17,18)16-10-9-15-12(16)2/h5-8H,3-4,9-11H2,1-2H3. The zero-order valence-corrected chi connectivity index (χ0v) is 12.7. The van der Waals surface area contributed by atoms with Gasteiger partial charge < -0.3 is 4.74 Å². The van der Waals surface area contributed by atoms with Crippen LogP contribution in [0.15, 0.2) is 34.2 Å². The minimum Gasteiger partial charge on any atom is -0.494 e. The molecule has 0 fully saturated rings. The average molecular weight is 296 g/mol. The molecule has 1 aromatic carbocycles. The van der Waals surface area contributed by atoms with Gasteiger partial charge in [-0.25, -0.2) is 8.42 Å². The Morgan fingerprint density at radius 3 is 2.55 bits per heavy atom. The molecular formula is C14H20N2O3S. The highest BCUT2D eigenvalue weighted by atomic mass is 32.2. The molecule has 6 heteroatoms. The van der Waals surface area contributed by atoms with Crippen LogP contribution in [-0.4, -0.2) is 38.3 Å². The van der Waals surface area contributed by atoms with Gasteiger partial charge in [-0.05, 0) is 37.6 Å². The molecule has 0 amide bonds. The number of unbranched alkanes of at least 4 members (excludes halogenated alkanes) is 1. The summed E-state index contributed by atoms with van der Waals surface area (Å²) in [6, 6.07) is 6.57. The minimum atomic E-state index is -3.48. The lowest BCUT2D eigenvalue weighted by molar-refractivity contribution is 0.309. The van der Waals surface area contributed by atoms with Gasteiger partial charge in [-0.2, -0.15) is 0 Å². The zero-order valence-electron chi connectivity index (χ0n) is 11.9. The van der Waals surface area contributed by atoms with Crippen LogP contribution in [0, 0.1) is 0 Å². The Balaban J connectivity index is 2.11. The monoisotopic (exact) mass is 296 g/mol. The molecule has 20 heavy (non-hydrogen) atoms. The molecule has 110 valence electrons. The lowest BCUT2D eigenvalue weighted by Crippen LogP contribution is -2.32. The first-order valence-electron chi connectivity index (χ1n) is 6.82. The molecule has 0 spiro atoms. The summed E-state index contributed by atoms with van der Waals surface area (Å²) in [5.74, 6) is 1.25. The number of amidine groups is 1. The van der Waals surface area contributed by atoms with E-state index in [0.717, 1.165) is 12.8 Å². The number of aliphatic imine (C=N–C) groups is 1. The summed E-state index contributed by atoms with van der Waals surface area (Å²) in [5, 5.41) is 0. The SMILES string of the molecule is CCCCOc1ccc(S(=O)(=O)N2CCN=C2C)cc1. The number of ether oxygens (including phenoxy) is 1. The summed E-state index contributed by atoms with van der Waals surface area (Å²) < 4.78 is 31.7. The normalized spacial score (nSPS) is 15.3. The molecule has 1 aliphatic rings. The highest BCUT2D eigenvalue weighted by molar-refractivity contribution is 7.89. The third kappa shape index (κ3) is 3.12. The maximum atomic E-state index is 12.4. The molecule has 2 rings (SSSR count). The third-order valence-corrected chi connectivity index (χ3v) is 5.08. The fourth-order valence-corrected chi connectivity index (χ4v) is 3.47. The lowest BCUT2D eigenvalue weighted by Gasteiger charge is -2.18. The van der Waals surface area contributed by atoms with E-state index in [1.165, 1.54) is 4.31 Å². The Morgan fingerprint density at radius 1 is 1.30 bits per heavy atom. The first-order chi connectivity index (χ1) is 9.55. The fourth-order valence-electron chi connectivity index (χ4n) is 2.01. The van der Waals surface area contributed by atoms with Gasteiger partial charge >= 0.3 is 0 Å². The van der Waals surface area contributed by atoms with E-state index in [1.54, 1.807) is 31.2 Å². The van der Waals surface area contributed by atoms with Crippen molar-refractivity contribution >= 4 is 15.9 Å². The van der Waals surface area contributed by atoms with Crippen molar-refractivity contribution in [3.63, 3.8) is 0 Å². The Morgan fingerprint density at radius 2 is 2.00 bits per heavy atom. The van der Waals surface area contributed by atoms with E-state index in [4.69, 9.17) is 4.74 Å². The molecule has 0 saturated heterocycles. The van der Waals surface area contributed by atoms with Gasteiger partial charge in [0.1, 0.15) is 11.6 Å². The number of nitrogens with zero attached hydrogens (tertiary/aromatic N) is 2. The minimum absolute atomic E-state index is 0.275. The lowest BCUT2D eigenvalue weighted by atomic mass is 10.3. The number of rotatable bonds is 6. The maximum Gasteiger partial charge on any atom is 0.265 e. The van der Waals surface area contributed by atoms with E-state index in [-0.39, 0.29) is 4.90 Å². The quantitative estimate of drug-likeness (QED) is 0.757. The summed E-state index contributed by atoms with van der Waals surface area (Å²) in [5.41, 5.74) is 0. The van der Waals surface area contributed by atoms with Gasteiger partial charge in [-0.15, -0.1) is 0 Å². The molecule has 1 aliphatic heterocycles. The second-order valence-electron chi connectivity index (χ2n) is 4.68. The maximum absolute atomic E-state index is 12.4. The number of benzene rings is 1. The largest absolute Gasteiger partial charge is 0.494 e. The number of sulfonamides is 1. The first kappa shape index (κ1) is 14.8. The van der Waals surface area contributed by atoms with Gasteiger partial charge in [0.2, 0.25) is 0 Å². The van der Waals surface area contributed by atoms with E-state index in [2.05, 4.69) is 11.9 Å². The van der Waals surface area contributed by atoms with Crippen molar-refractivity contribution in [1.82, 2.24) is 4.31 Å². The topological polar surface area (TPSA) is 59.0 Å². The van der Waals surface area contributed by atoms with E-state index in [9.17, 15) is 8.42 Å². The molecule has 0 atom stereocenters. The second kappa shape index (κ2) is 6.26. The summed E-state index contributed by atoms with van der Waals surface area (Å²) >= 11 is 0. The fraction of sp³-hybridized carbons (Fsp3) is 0.500. The Labute approximate surface area is 120 Å². The van der Waals surface area contributed by atoms with Gasteiger partial charge in [0.05, 0.1) is 24.6 Å². The Hall–Kier alpha value is -1.56. The molecular weight excluding hydrogens is 276 g/mol. The van der Waals surface area contributed by atoms with Crippen molar-refractivity contribution in [2.45, 2.75) is 31.6 Å². The smallest absolute Gasteiger partial charge is 0.265 e. The molecule has 5 nitrogen and oxygen atoms in total. The summed E-state index contributed by atoms with van der Waals surface area (Å²) in [7, 11) is -3.48. The molecule has 0 N–H and O–H groups in total. The Kier molecular flexibility index (Phi) is 4.65. The number of hydrogen-bond donors (Lipinski definition) is 0. The molecule has 1 aromatic rings. The van der Waals surface area contributed by atoms with Gasteiger partial charge in [-0.3, -0.25) is 9.30 Å². The van der Waals surface area contributed by atoms with Gasteiger partial charge in [0.15, 0.2) is 0 Å². The van der Waals surface area contributed by atoms with Crippen LogP contribution >= 0.6 is 0 Å². The average Bonchev–Trinajstić information content (AvgIpc) is 2.87. The van der Waals surface area contributed by atoms with Crippen molar-refractivity contribution in [3.8, 4) is 5.75 Å². The highest BCUT2D eigenvalue weighted by Crippen LogP contribution is 2.21. The van der Waals surface area contributed by atoms with Crippen LogP contribution in [0.2, 0.25) is 0 Å². The van der Waals surface area contributed by atoms with Crippen molar-refractivity contribution < 1.29 is 13.2 Å². The summed E-state index contributed by atoms with van der Waals surface area (Å²) in [6.45, 7) is 5.42. The molecule has 1 heterocycles. The summed E-state index contributed by atoms with van der Waals surface area (Å²) in [4.78, 5) is 4.39. The molecule has 0 saturated carbocycles. The van der Waals surface area contributed by atoms with Crippen LogP contribution in [0.1, 0.15) is 26.7 Å². The molecule has 0 aliphatic carbocycles. The molecule has 0 bridgehead atoms. The predicted octanol–water partition coefficient (Wildman–Crippen LogP) is 2.29. The van der Waals surface area contributed by atoms with Gasteiger partial charge in [-0.1, -0.05) is 13.3 Å². The van der Waals surface area contributed by atoms with Crippen LogP contribution < -0.4 is 4.74 Å². The molecule has 0 unspecified atom stereocenters.